The van der Waals surface area contributed by atoms with Crippen molar-refractivity contribution in [3.05, 3.63) is 58.0 Å². The molecule has 2 N–H and O–H groups in total. The summed E-state index contributed by atoms with van der Waals surface area (Å²) in [6, 6.07) is 7.41. The molecule has 18 heavy (non-hydrogen) atoms. The highest BCUT2D eigenvalue weighted by Crippen LogP contribution is 2.16. The third-order valence-electron chi connectivity index (χ3n) is 2.70. The lowest BCUT2D eigenvalue weighted by Crippen LogP contribution is -2.08. The van der Waals surface area contributed by atoms with E-state index in [0.29, 0.717) is 11.4 Å². The van der Waals surface area contributed by atoms with Crippen molar-refractivity contribution >= 4 is 5.97 Å². The average molecular weight is 245 g/mol. The number of rotatable bonds is 2. The Morgan fingerprint density at radius 3 is 2.33 bits per heavy atom. The Labute approximate surface area is 103 Å². The van der Waals surface area contributed by atoms with Crippen LogP contribution in [0.4, 0.5) is 0 Å². The van der Waals surface area contributed by atoms with Gasteiger partial charge in [-0.2, -0.15) is 0 Å². The zero-order valence-electron chi connectivity index (χ0n) is 9.62. The molecule has 0 saturated carbocycles. The highest BCUT2D eigenvalue weighted by atomic mass is 16.4. The van der Waals surface area contributed by atoms with Crippen LogP contribution >= 0.6 is 0 Å². The molecule has 1 aromatic carbocycles. The number of pyridine rings is 1. The molecule has 0 atom stereocenters. The predicted molar refractivity (Wildman–Crippen MR) is 65.4 cm³/mol. The number of benzene rings is 1. The third kappa shape index (κ3) is 1.98. The Balaban J connectivity index is 2.53. The molecule has 92 valence electrons. The molecule has 0 amide bonds. The van der Waals surface area contributed by atoms with Gasteiger partial charge in [-0.25, -0.2) is 4.79 Å². The summed E-state index contributed by atoms with van der Waals surface area (Å²) < 4.78 is 1.61. The maximum absolute atomic E-state index is 11.2. The van der Waals surface area contributed by atoms with Gasteiger partial charge in [0.25, 0.3) is 0 Å². The van der Waals surface area contributed by atoms with Crippen LogP contribution in [0.25, 0.3) is 5.69 Å². The molecule has 0 aliphatic rings. The van der Waals surface area contributed by atoms with Crippen molar-refractivity contribution in [3.63, 3.8) is 0 Å². The number of aromatic carboxylic acids is 1. The number of hydrogen-bond acceptors (Lipinski definition) is 3. The van der Waals surface area contributed by atoms with Crippen LogP contribution in [0.1, 0.15) is 16.1 Å². The van der Waals surface area contributed by atoms with E-state index in [-0.39, 0.29) is 11.3 Å². The van der Waals surface area contributed by atoms with Gasteiger partial charge < -0.3 is 14.8 Å². The Hall–Kier alpha value is -2.56. The summed E-state index contributed by atoms with van der Waals surface area (Å²) in [6.45, 7) is 1.61. The second kappa shape index (κ2) is 4.37. The van der Waals surface area contributed by atoms with Crippen LogP contribution < -0.4 is 5.43 Å². The Kier molecular flexibility index (Phi) is 2.89. The second-order valence-electron chi connectivity index (χ2n) is 3.84. The summed E-state index contributed by atoms with van der Waals surface area (Å²) in [4.78, 5) is 22.0. The topological polar surface area (TPSA) is 79.5 Å². The lowest BCUT2D eigenvalue weighted by molar-refractivity contribution is 0.0697. The maximum Gasteiger partial charge on any atom is 0.335 e. The number of aromatic nitrogens is 1. The van der Waals surface area contributed by atoms with Crippen molar-refractivity contribution in [2.45, 2.75) is 6.92 Å². The van der Waals surface area contributed by atoms with Gasteiger partial charge in [0.15, 0.2) is 5.75 Å². The lowest BCUT2D eigenvalue weighted by Gasteiger charge is -2.11. The molecule has 5 nitrogen and oxygen atoms in total. The van der Waals surface area contributed by atoms with Crippen LogP contribution in [-0.2, 0) is 0 Å². The quantitative estimate of drug-likeness (QED) is 0.841. The minimum atomic E-state index is -0.999. The van der Waals surface area contributed by atoms with Crippen LogP contribution in [0.15, 0.2) is 41.3 Å². The maximum atomic E-state index is 11.2. The van der Waals surface area contributed by atoms with Crippen LogP contribution in [0.3, 0.4) is 0 Å². The normalized spacial score (nSPS) is 10.3. The molecule has 0 saturated heterocycles. The Bertz CT molecular complexity index is 656. The first kappa shape index (κ1) is 11.9. The number of carbonyl (C=O) groups is 1. The van der Waals surface area contributed by atoms with Gasteiger partial charge in [-0.15, -0.1) is 0 Å². The molecule has 2 rings (SSSR count). The summed E-state index contributed by atoms with van der Waals surface area (Å²) in [5.74, 6) is -1.30. The van der Waals surface area contributed by atoms with Gasteiger partial charge >= 0.3 is 5.97 Å². The van der Waals surface area contributed by atoms with E-state index in [1.165, 1.54) is 24.4 Å². The van der Waals surface area contributed by atoms with Crippen molar-refractivity contribution < 1.29 is 15.0 Å². The van der Waals surface area contributed by atoms with E-state index in [1.807, 2.05) is 0 Å². The van der Waals surface area contributed by atoms with E-state index in [2.05, 4.69) is 0 Å². The molecule has 0 fully saturated rings. The van der Waals surface area contributed by atoms with Crippen LogP contribution in [0.5, 0.6) is 5.75 Å². The van der Waals surface area contributed by atoms with E-state index in [1.54, 1.807) is 23.6 Å². The summed E-state index contributed by atoms with van der Waals surface area (Å²) in [5.41, 5.74) is 0.825. The minimum absolute atomic E-state index is 0.182. The predicted octanol–water partition coefficient (Wildman–Crippen LogP) is 1.55. The van der Waals surface area contributed by atoms with E-state index < -0.39 is 11.4 Å². The minimum Gasteiger partial charge on any atom is -0.503 e. The van der Waals surface area contributed by atoms with Gasteiger partial charge in [0.05, 0.1) is 11.3 Å². The van der Waals surface area contributed by atoms with Gasteiger partial charge in [0.2, 0.25) is 5.43 Å². The van der Waals surface area contributed by atoms with E-state index in [0.717, 1.165) is 0 Å². The number of aromatic hydroxyl groups is 1. The first-order chi connectivity index (χ1) is 8.50. The molecule has 0 bridgehead atoms. The molecule has 0 radical (unpaired) electrons. The number of carboxylic acid groups (broad SMARTS) is 1. The molecule has 1 aromatic heterocycles. The van der Waals surface area contributed by atoms with Crippen molar-refractivity contribution in [3.8, 4) is 11.4 Å². The van der Waals surface area contributed by atoms with Gasteiger partial charge in [-0.1, -0.05) is 0 Å². The van der Waals surface area contributed by atoms with Gasteiger partial charge in [-0.3, -0.25) is 4.79 Å². The molecule has 2 aromatic rings. The first-order valence-electron chi connectivity index (χ1n) is 5.25. The van der Waals surface area contributed by atoms with E-state index >= 15 is 0 Å². The highest BCUT2D eigenvalue weighted by molar-refractivity contribution is 5.87. The average Bonchev–Trinajstić information content (AvgIpc) is 2.36. The third-order valence-corrected chi connectivity index (χ3v) is 2.70. The van der Waals surface area contributed by atoms with Crippen molar-refractivity contribution in [2.75, 3.05) is 0 Å². The molecule has 0 aliphatic carbocycles. The molecule has 0 aliphatic heterocycles. The smallest absolute Gasteiger partial charge is 0.335 e. The second-order valence-corrected chi connectivity index (χ2v) is 3.84. The van der Waals surface area contributed by atoms with Crippen LogP contribution in [0.2, 0.25) is 0 Å². The molecule has 1 heterocycles. The monoisotopic (exact) mass is 245 g/mol. The summed E-state index contributed by atoms with van der Waals surface area (Å²) in [7, 11) is 0. The van der Waals surface area contributed by atoms with Crippen molar-refractivity contribution in [1.82, 2.24) is 4.57 Å². The van der Waals surface area contributed by atoms with Gasteiger partial charge in [0.1, 0.15) is 0 Å². The van der Waals surface area contributed by atoms with E-state index in [9.17, 15) is 14.7 Å². The largest absolute Gasteiger partial charge is 0.503 e. The number of carboxylic acids is 1. The first-order valence-corrected chi connectivity index (χ1v) is 5.25. The van der Waals surface area contributed by atoms with E-state index in [4.69, 9.17) is 5.11 Å². The zero-order valence-corrected chi connectivity index (χ0v) is 9.62. The Morgan fingerprint density at radius 1 is 1.17 bits per heavy atom. The van der Waals surface area contributed by atoms with Gasteiger partial charge in [0, 0.05) is 18.0 Å². The molecule has 0 spiro atoms. The molecular weight excluding hydrogens is 234 g/mol. The fourth-order valence-corrected chi connectivity index (χ4v) is 1.67. The van der Waals surface area contributed by atoms with Gasteiger partial charge in [-0.05, 0) is 31.2 Å². The van der Waals surface area contributed by atoms with Crippen LogP contribution in [0, 0.1) is 6.92 Å². The zero-order chi connectivity index (χ0) is 13.3. The van der Waals surface area contributed by atoms with Crippen molar-refractivity contribution in [2.24, 2.45) is 0 Å². The SMILES string of the molecule is Cc1c(O)c(=O)ccn1-c1ccc(C(=O)O)cc1. The molecular formula is C13H11NO4. The fourth-order valence-electron chi connectivity index (χ4n) is 1.67. The fraction of sp³-hybridized carbons (Fsp3) is 0.0769. The van der Waals surface area contributed by atoms with Crippen molar-refractivity contribution in [1.29, 1.82) is 0 Å². The van der Waals surface area contributed by atoms with Crippen LogP contribution in [-0.4, -0.2) is 20.7 Å². The number of hydrogen-bond donors (Lipinski definition) is 2. The standard InChI is InChI=1S/C13H11NO4/c1-8-12(16)11(15)6-7-14(8)10-4-2-9(3-5-10)13(17)18/h2-7,16H,1H3,(H,17,18). The summed E-state index contributed by atoms with van der Waals surface area (Å²) >= 11 is 0. The molecule has 0 unspecified atom stereocenters. The summed E-state index contributed by atoms with van der Waals surface area (Å²) in [6.07, 6.45) is 1.53. The highest BCUT2D eigenvalue weighted by Gasteiger charge is 2.07. The number of nitrogens with zero attached hydrogens (tertiary/aromatic N) is 1. The molecule has 5 heteroatoms. The summed E-state index contributed by atoms with van der Waals surface area (Å²) in [5, 5.41) is 18.4. The Morgan fingerprint density at radius 2 is 1.78 bits per heavy atom. The lowest BCUT2D eigenvalue weighted by atomic mass is 10.2.